The van der Waals surface area contributed by atoms with Gasteiger partial charge >= 0.3 is 0 Å². The number of rotatable bonds is 9. The summed E-state index contributed by atoms with van der Waals surface area (Å²) in [5.74, 6) is 2.40. The molecule has 0 aromatic rings. The first-order valence-corrected chi connectivity index (χ1v) is 5.81. The SMILES string of the molecule is [C]#CCCCCCCCCCC(C)F. The van der Waals surface area contributed by atoms with Crippen LogP contribution in [0.25, 0.3) is 0 Å². The van der Waals surface area contributed by atoms with Gasteiger partial charge in [0.15, 0.2) is 0 Å². The molecule has 0 fully saturated rings. The Bertz CT molecular complexity index is 144. The van der Waals surface area contributed by atoms with Crippen molar-refractivity contribution in [3.63, 3.8) is 0 Å². The van der Waals surface area contributed by atoms with Gasteiger partial charge in [0.25, 0.3) is 0 Å². The van der Waals surface area contributed by atoms with E-state index in [1.807, 2.05) is 0 Å². The largest absolute Gasteiger partial charge is 0.248 e. The lowest BCUT2D eigenvalue weighted by Crippen LogP contribution is -1.91. The third kappa shape index (κ3) is 11.5. The minimum absolute atomic E-state index is 0.627. The van der Waals surface area contributed by atoms with Gasteiger partial charge in [-0.25, -0.2) is 4.39 Å². The summed E-state index contributed by atoms with van der Waals surface area (Å²) in [6, 6.07) is 0. The smallest absolute Gasteiger partial charge is 0.0973 e. The van der Waals surface area contributed by atoms with Gasteiger partial charge in [-0.1, -0.05) is 44.4 Å². The number of unbranched alkanes of at least 4 members (excludes halogenated alkanes) is 7. The van der Waals surface area contributed by atoms with E-state index in [0.717, 1.165) is 25.7 Å². The van der Waals surface area contributed by atoms with Crippen molar-refractivity contribution in [2.75, 3.05) is 0 Å². The van der Waals surface area contributed by atoms with Crippen molar-refractivity contribution >= 4 is 0 Å². The van der Waals surface area contributed by atoms with E-state index >= 15 is 0 Å². The van der Waals surface area contributed by atoms with Crippen molar-refractivity contribution in [3.05, 3.63) is 6.42 Å². The first kappa shape index (κ1) is 13.5. The third-order valence-electron chi connectivity index (χ3n) is 2.40. The lowest BCUT2D eigenvalue weighted by molar-refractivity contribution is 0.329. The molecule has 0 spiro atoms. The minimum Gasteiger partial charge on any atom is -0.248 e. The van der Waals surface area contributed by atoms with Crippen LogP contribution < -0.4 is 0 Å². The summed E-state index contributed by atoms with van der Waals surface area (Å²) >= 11 is 0. The van der Waals surface area contributed by atoms with Crippen LogP contribution in [0.1, 0.15) is 64.7 Å². The van der Waals surface area contributed by atoms with Gasteiger partial charge < -0.3 is 0 Å². The van der Waals surface area contributed by atoms with Crippen LogP contribution in [-0.2, 0) is 0 Å². The van der Waals surface area contributed by atoms with Gasteiger partial charge in [-0.15, -0.1) is 0 Å². The van der Waals surface area contributed by atoms with Crippen LogP contribution in [0.4, 0.5) is 4.39 Å². The average molecular weight is 197 g/mol. The first-order chi connectivity index (χ1) is 6.77. The van der Waals surface area contributed by atoms with Gasteiger partial charge in [-0.2, -0.15) is 0 Å². The molecule has 0 saturated carbocycles. The Morgan fingerprint density at radius 2 is 1.50 bits per heavy atom. The summed E-state index contributed by atoms with van der Waals surface area (Å²) in [4.78, 5) is 0. The second-order valence-electron chi connectivity index (χ2n) is 3.97. The Balaban J connectivity index is 2.89. The molecule has 1 heteroatoms. The predicted octanol–water partition coefficient (Wildman–Crippen LogP) is 4.45. The Morgan fingerprint density at radius 1 is 1.00 bits per heavy atom. The summed E-state index contributed by atoms with van der Waals surface area (Å²) in [7, 11) is 0. The molecule has 1 atom stereocenters. The maximum absolute atomic E-state index is 12.4. The van der Waals surface area contributed by atoms with Crippen molar-refractivity contribution in [2.45, 2.75) is 70.9 Å². The molecule has 0 aliphatic carbocycles. The molecule has 0 saturated heterocycles. The van der Waals surface area contributed by atoms with Crippen LogP contribution in [0.2, 0.25) is 0 Å². The molecular formula is C13H22F. The highest BCUT2D eigenvalue weighted by Crippen LogP contribution is 2.11. The molecule has 0 rings (SSSR count). The van der Waals surface area contributed by atoms with E-state index in [4.69, 9.17) is 6.42 Å². The van der Waals surface area contributed by atoms with Crippen molar-refractivity contribution in [1.29, 1.82) is 0 Å². The Labute approximate surface area is 88.3 Å². The number of hydrogen-bond donors (Lipinski definition) is 0. The van der Waals surface area contributed by atoms with E-state index < -0.39 is 6.17 Å². The monoisotopic (exact) mass is 197 g/mol. The summed E-state index contributed by atoms with van der Waals surface area (Å²) in [5.41, 5.74) is 0. The summed E-state index contributed by atoms with van der Waals surface area (Å²) in [6.07, 6.45) is 15.9. The first-order valence-electron chi connectivity index (χ1n) is 5.81. The molecular weight excluding hydrogens is 175 g/mol. The van der Waals surface area contributed by atoms with E-state index in [9.17, 15) is 4.39 Å². The zero-order valence-electron chi connectivity index (χ0n) is 9.32. The predicted molar refractivity (Wildman–Crippen MR) is 59.3 cm³/mol. The minimum atomic E-state index is -0.627. The molecule has 1 unspecified atom stereocenters. The van der Waals surface area contributed by atoms with E-state index in [1.54, 1.807) is 6.92 Å². The standard InChI is InChI=1S/C13H22F/c1-3-4-5-6-7-8-9-10-11-12-13(2)14/h13H,4-12H2,2H3. The zero-order chi connectivity index (χ0) is 10.6. The number of alkyl halides is 1. The van der Waals surface area contributed by atoms with Crippen molar-refractivity contribution < 1.29 is 4.39 Å². The maximum Gasteiger partial charge on any atom is 0.0973 e. The van der Waals surface area contributed by atoms with Crippen molar-refractivity contribution in [1.82, 2.24) is 0 Å². The van der Waals surface area contributed by atoms with Crippen LogP contribution in [0.5, 0.6) is 0 Å². The molecule has 0 aliphatic heterocycles. The Kier molecular flexibility index (Phi) is 10.2. The molecule has 1 radical (unpaired) electrons. The molecule has 0 heterocycles. The molecule has 0 amide bonds. The lowest BCUT2D eigenvalue weighted by Gasteiger charge is -2.02. The van der Waals surface area contributed by atoms with E-state index in [-0.39, 0.29) is 0 Å². The quantitative estimate of drug-likeness (QED) is 0.378. The van der Waals surface area contributed by atoms with Crippen molar-refractivity contribution in [2.24, 2.45) is 0 Å². The molecule has 0 N–H and O–H groups in total. The Morgan fingerprint density at radius 3 is 2.00 bits per heavy atom. The highest BCUT2D eigenvalue weighted by atomic mass is 19.1. The molecule has 0 aliphatic rings. The zero-order valence-corrected chi connectivity index (χ0v) is 9.32. The van der Waals surface area contributed by atoms with Crippen LogP contribution in [0.3, 0.4) is 0 Å². The van der Waals surface area contributed by atoms with Crippen LogP contribution >= 0.6 is 0 Å². The van der Waals surface area contributed by atoms with E-state index in [1.165, 1.54) is 32.1 Å². The van der Waals surface area contributed by atoms with Crippen LogP contribution in [0.15, 0.2) is 0 Å². The van der Waals surface area contributed by atoms with Gasteiger partial charge in [0.05, 0.1) is 6.17 Å². The Hall–Kier alpha value is -0.510. The fourth-order valence-electron chi connectivity index (χ4n) is 1.52. The average Bonchev–Trinajstić information content (AvgIpc) is 2.15. The fraction of sp³-hybridized carbons (Fsp3) is 0.846. The fourth-order valence-corrected chi connectivity index (χ4v) is 1.52. The second kappa shape index (κ2) is 10.6. The molecule has 14 heavy (non-hydrogen) atoms. The van der Waals surface area contributed by atoms with E-state index in [2.05, 4.69) is 5.92 Å². The normalized spacial score (nSPS) is 12.4. The van der Waals surface area contributed by atoms with Crippen LogP contribution in [-0.4, -0.2) is 6.17 Å². The molecule has 0 aromatic carbocycles. The summed E-state index contributed by atoms with van der Waals surface area (Å²) in [6.45, 7) is 1.63. The number of halogens is 1. The van der Waals surface area contributed by atoms with Gasteiger partial charge in [-0.05, 0) is 26.2 Å². The van der Waals surface area contributed by atoms with Gasteiger partial charge in [-0.3, -0.25) is 0 Å². The molecule has 0 bridgehead atoms. The van der Waals surface area contributed by atoms with Crippen LogP contribution in [0, 0.1) is 12.3 Å². The maximum atomic E-state index is 12.4. The number of hydrogen-bond acceptors (Lipinski definition) is 0. The second-order valence-corrected chi connectivity index (χ2v) is 3.97. The van der Waals surface area contributed by atoms with Gasteiger partial charge in [0, 0.05) is 6.42 Å². The highest BCUT2D eigenvalue weighted by molar-refractivity contribution is 4.74. The summed E-state index contributed by atoms with van der Waals surface area (Å²) < 4.78 is 12.4. The van der Waals surface area contributed by atoms with E-state index in [0.29, 0.717) is 0 Å². The van der Waals surface area contributed by atoms with Gasteiger partial charge in [0.2, 0.25) is 0 Å². The highest BCUT2D eigenvalue weighted by Gasteiger charge is 1.97. The molecule has 0 aromatic heterocycles. The third-order valence-corrected chi connectivity index (χ3v) is 2.40. The summed E-state index contributed by atoms with van der Waals surface area (Å²) in [5, 5.41) is 0. The lowest BCUT2D eigenvalue weighted by atomic mass is 10.1. The molecule has 81 valence electrons. The topological polar surface area (TPSA) is 0 Å². The van der Waals surface area contributed by atoms with Crippen molar-refractivity contribution in [3.8, 4) is 5.92 Å². The molecule has 0 nitrogen and oxygen atoms in total. The van der Waals surface area contributed by atoms with Gasteiger partial charge in [0.1, 0.15) is 0 Å².